The molecule has 0 aromatic heterocycles. The number of hydrogen-bond acceptors (Lipinski definition) is 2. The zero-order chi connectivity index (χ0) is 28.6. The molecule has 0 bridgehead atoms. The van der Waals surface area contributed by atoms with Crippen molar-refractivity contribution in [3.63, 3.8) is 0 Å². The molecule has 6 aliphatic rings. The minimum absolute atomic E-state index is 0.165. The van der Waals surface area contributed by atoms with Gasteiger partial charge in [-0.2, -0.15) is 0 Å². The van der Waals surface area contributed by atoms with E-state index >= 15 is 0 Å². The third kappa shape index (κ3) is 2.47. The quantitative estimate of drug-likeness (QED) is 0.300. The Bertz CT molecular complexity index is 1540. The van der Waals surface area contributed by atoms with E-state index in [-0.39, 0.29) is 21.9 Å². The molecule has 42 heavy (non-hydrogen) atoms. The molecule has 3 aromatic carbocycles. The van der Waals surface area contributed by atoms with Crippen LogP contribution in [0.4, 0.5) is 22.7 Å². The van der Waals surface area contributed by atoms with Crippen LogP contribution in [0.1, 0.15) is 121 Å². The molecule has 2 fully saturated rings. The average molecular weight is 555 g/mol. The van der Waals surface area contributed by atoms with Gasteiger partial charge >= 0.3 is 0 Å². The van der Waals surface area contributed by atoms with Gasteiger partial charge in [0.05, 0.1) is 11.1 Å². The third-order valence-electron chi connectivity index (χ3n) is 14.2. The second-order valence-corrected chi connectivity index (χ2v) is 14.9. The van der Waals surface area contributed by atoms with Gasteiger partial charge < -0.3 is 9.80 Å². The number of hydrogen-bond donors (Lipinski definition) is 0. The predicted octanol–water partition coefficient (Wildman–Crippen LogP) is 8.18. The molecule has 2 saturated carbocycles. The van der Waals surface area contributed by atoms with E-state index in [1.807, 2.05) is 0 Å². The van der Waals surface area contributed by atoms with Crippen LogP contribution < -0.4 is 26.2 Å². The van der Waals surface area contributed by atoms with Gasteiger partial charge in [0.2, 0.25) is 0 Å². The van der Waals surface area contributed by atoms with Crippen molar-refractivity contribution >= 4 is 45.9 Å². The highest BCUT2D eigenvalue weighted by Gasteiger charge is 2.67. The van der Waals surface area contributed by atoms with E-state index in [0.29, 0.717) is 6.71 Å². The molecule has 0 N–H and O–H groups in total. The van der Waals surface area contributed by atoms with Crippen LogP contribution in [0.3, 0.4) is 0 Å². The van der Waals surface area contributed by atoms with Gasteiger partial charge in [-0.15, -0.1) is 0 Å². The summed E-state index contributed by atoms with van der Waals surface area (Å²) in [4.78, 5) is 5.94. The highest BCUT2D eigenvalue weighted by Crippen LogP contribution is 2.67. The fraction of sp³-hybridized carbons (Fsp3) is 0.538. The lowest BCUT2D eigenvalue weighted by Gasteiger charge is -2.57. The first-order valence-electron chi connectivity index (χ1n) is 17.5. The van der Waals surface area contributed by atoms with Crippen molar-refractivity contribution in [2.45, 2.75) is 134 Å². The first kappa shape index (κ1) is 25.8. The molecule has 0 radical (unpaired) electrons. The van der Waals surface area contributed by atoms with Gasteiger partial charge in [0, 0.05) is 33.6 Å². The number of benzene rings is 3. The fourth-order valence-electron chi connectivity index (χ4n) is 12.7. The molecule has 0 saturated heterocycles. The van der Waals surface area contributed by atoms with E-state index in [1.54, 1.807) is 50.3 Å². The monoisotopic (exact) mass is 554 g/mol. The molecule has 3 aromatic rings. The molecule has 0 amide bonds. The highest BCUT2D eigenvalue weighted by atomic mass is 15.3. The summed E-state index contributed by atoms with van der Waals surface area (Å²) in [6.45, 7) is 12.7. The van der Waals surface area contributed by atoms with Crippen LogP contribution in [-0.2, 0) is 10.8 Å². The van der Waals surface area contributed by atoms with E-state index in [2.05, 4.69) is 92.9 Å². The summed E-state index contributed by atoms with van der Waals surface area (Å²) in [5.74, 6) is 0. The molecule has 9 rings (SSSR count). The Hall–Kier alpha value is -2.68. The summed E-state index contributed by atoms with van der Waals surface area (Å²) in [5.41, 5.74) is 16.6. The molecule has 4 heterocycles. The normalized spacial score (nSPS) is 32.7. The minimum atomic E-state index is 0.165. The maximum Gasteiger partial charge on any atom is 0.252 e. The Balaban J connectivity index is 1.43. The van der Waals surface area contributed by atoms with Gasteiger partial charge in [-0.05, 0) is 104 Å². The summed E-state index contributed by atoms with van der Waals surface area (Å²) in [5, 5.41) is 0. The molecule has 3 heteroatoms. The van der Waals surface area contributed by atoms with Gasteiger partial charge in [-0.25, -0.2) is 0 Å². The van der Waals surface area contributed by atoms with E-state index in [0.717, 1.165) is 0 Å². The summed E-state index contributed by atoms with van der Waals surface area (Å²) >= 11 is 0. The Labute approximate surface area is 254 Å². The number of fused-ring (bicyclic) bond motifs is 10. The molecular weight excluding hydrogens is 507 g/mol. The Morgan fingerprint density at radius 3 is 1.50 bits per heavy atom. The predicted molar refractivity (Wildman–Crippen MR) is 180 cm³/mol. The zero-order valence-electron chi connectivity index (χ0n) is 26.6. The van der Waals surface area contributed by atoms with Crippen molar-refractivity contribution in [1.82, 2.24) is 0 Å². The van der Waals surface area contributed by atoms with Crippen LogP contribution in [0.5, 0.6) is 0 Å². The smallest absolute Gasteiger partial charge is 0.252 e. The standard InChI is InChI=1S/C39H47BN2/c1-6-36-20-10-12-22-38(36,8-3)41-31-24-26(5)25-32-33(31)40(29-18-14-16-27(36)34(29)41)30-19-15-17-28-35(30)42(32)39(9-4)23-13-11-21-37(28,39)7-2/h14-19,24-25H,6-13,20-23H2,1-5H3. The lowest BCUT2D eigenvalue weighted by molar-refractivity contribution is 0.147. The number of para-hydroxylation sites is 2. The second kappa shape index (κ2) is 8.28. The van der Waals surface area contributed by atoms with Gasteiger partial charge in [0.1, 0.15) is 0 Å². The Kier molecular flexibility index (Phi) is 5.08. The average Bonchev–Trinajstić information content (AvgIpc) is 3.46. The molecule has 2 aliphatic carbocycles. The van der Waals surface area contributed by atoms with E-state index in [4.69, 9.17) is 0 Å². The molecule has 2 nitrogen and oxygen atoms in total. The van der Waals surface area contributed by atoms with Crippen molar-refractivity contribution in [3.8, 4) is 0 Å². The first-order chi connectivity index (χ1) is 20.5. The largest absolute Gasteiger partial charge is 0.335 e. The number of rotatable bonds is 4. The minimum Gasteiger partial charge on any atom is -0.335 e. The Morgan fingerprint density at radius 2 is 1.07 bits per heavy atom. The van der Waals surface area contributed by atoms with E-state index in [9.17, 15) is 0 Å². The maximum absolute atomic E-state index is 2.97. The zero-order valence-corrected chi connectivity index (χ0v) is 26.6. The van der Waals surface area contributed by atoms with Crippen LogP contribution in [0.25, 0.3) is 0 Å². The van der Waals surface area contributed by atoms with Crippen molar-refractivity contribution in [2.24, 2.45) is 0 Å². The summed E-state index contributed by atoms with van der Waals surface area (Å²) < 4.78 is 0. The van der Waals surface area contributed by atoms with Gasteiger partial charge in [0.25, 0.3) is 6.71 Å². The number of anilines is 4. The van der Waals surface area contributed by atoms with Crippen LogP contribution in [-0.4, -0.2) is 17.8 Å². The molecule has 4 atom stereocenters. The fourth-order valence-corrected chi connectivity index (χ4v) is 12.7. The molecule has 4 aliphatic heterocycles. The highest BCUT2D eigenvalue weighted by molar-refractivity contribution is 7.00. The molecule has 4 unspecified atom stereocenters. The first-order valence-corrected chi connectivity index (χ1v) is 17.5. The topological polar surface area (TPSA) is 6.48 Å². The summed E-state index contributed by atoms with van der Waals surface area (Å²) in [7, 11) is 0. The van der Waals surface area contributed by atoms with Crippen molar-refractivity contribution < 1.29 is 0 Å². The Morgan fingerprint density at radius 1 is 0.619 bits per heavy atom. The summed E-state index contributed by atoms with van der Waals surface area (Å²) in [6.07, 6.45) is 15.6. The molecular formula is C39H47BN2. The summed E-state index contributed by atoms with van der Waals surface area (Å²) in [6, 6.07) is 20.2. The SMILES string of the molecule is CCC12CCCCC1(CC)N1c3cc(C)cc4c3B(c3cccc2c31)c1cccc2c1N4C1(CC)CCCCC21CC. The second-order valence-electron chi connectivity index (χ2n) is 14.9. The van der Waals surface area contributed by atoms with E-state index < -0.39 is 0 Å². The van der Waals surface area contributed by atoms with Crippen molar-refractivity contribution in [2.75, 3.05) is 9.80 Å². The number of aryl methyl sites for hydroxylation is 1. The third-order valence-corrected chi connectivity index (χ3v) is 14.2. The molecule has 216 valence electrons. The van der Waals surface area contributed by atoms with Crippen LogP contribution >= 0.6 is 0 Å². The van der Waals surface area contributed by atoms with E-state index in [1.165, 1.54) is 82.6 Å². The van der Waals surface area contributed by atoms with Gasteiger partial charge in [-0.3, -0.25) is 0 Å². The lowest BCUT2D eigenvalue weighted by Crippen LogP contribution is -2.67. The van der Waals surface area contributed by atoms with Gasteiger partial charge in [-0.1, -0.05) is 89.8 Å². The lowest BCUT2D eigenvalue weighted by atomic mass is 9.33. The maximum atomic E-state index is 2.97. The number of nitrogens with zero attached hydrogens (tertiary/aromatic N) is 2. The van der Waals surface area contributed by atoms with Crippen LogP contribution in [0.15, 0.2) is 48.5 Å². The molecule has 0 spiro atoms. The van der Waals surface area contributed by atoms with Crippen LogP contribution in [0, 0.1) is 6.92 Å². The van der Waals surface area contributed by atoms with Crippen molar-refractivity contribution in [3.05, 3.63) is 65.2 Å². The van der Waals surface area contributed by atoms with Gasteiger partial charge in [0.15, 0.2) is 0 Å². The van der Waals surface area contributed by atoms with Crippen LogP contribution in [0.2, 0.25) is 0 Å². The van der Waals surface area contributed by atoms with Crippen molar-refractivity contribution in [1.29, 1.82) is 0 Å².